The van der Waals surface area contributed by atoms with E-state index < -0.39 is 0 Å². The predicted octanol–water partition coefficient (Wildman–Crippen LogP) is 3.01. The van der Waals surface area contributed by atoms with Gasteiger partial charge in [-0.1, -0.05) is 11.6 Å². The van der Waals surface area contributed by atoms with Crippen molar-refractivity contribution in [3.8, 4) is 0 Å². The molecule has 1 unspecified atom stereocenters. The quantitative estimate of drug-likeness (QED) is 0.813. The van der Waals surface area contributed by atoms with Crippen molar-refractivity contribution in [3.63, 3.8) is 0 Å². The zero-order chi connectivity index (χ0) is 13.0. The van der Waals surface area contributed by atoms with Crippen LogP contribution in [-0.4, -0.2) is 21.0 Å². The van der Waals surface area contributed by atoms with Gasteiger partial charge in [-0.2, -0.15) is 5.10 Å². The van der Waals surface area contributed by atoms with Gasteiger partial charge >= 0.3 is 0 Å². The van der Waals surface area contributed by atoms with Gasteiger partial charge in [0.15, 0.2) is 0 Å². The first kappa shape index (κ1) is 13.3. The Bertz CT molecular complexity index is 420. The number of hydrogen-bond donors (Lipinski definition) is 1. The Labute approximate surface area is 110 Å². The van der Waals surface area contributed by atoms with Crippen LogP contribution in [0.5, 0.6) is 0 Å². The third-order valence-electron chi connectivity index (χ3n) is 3.61. The molecule has 3 heteroatoms. The molecule has 1 N–H and O–H groups in total. The minimum Gasteiger partial charge on any atom is -0.392 e. The van der Waals surface area contributed by atoms with E-state index in [1.165, 1.54) is 31.3 Å². The monoisotopic (exact) mass is 248 g/mol. The molecule has 2 rings (SSSR count). The van der Waals surface area contributed by atoms with Gasteiger partial charge in [-0.15, -0.1) is 0 Å². The topological polar surface area (TPSA) is 38.0 Å². The Morgan fingerprint density at radius 3 is 2.89 bits per heavy atom. The van der Waals surface area contributed by atoms with Crippen molar-refractivity contribution < 1.29 is 5.11 Å². The average Bonchev–Trinajstić information content (AvgIpc) is 2.70. The molecule has 1 heterocycles. The molecule has 1 aromatic rings. The van der Waals surface area contributed by atoms with E-state index in [1.54, 1.807) is 0 Å². The van der Waals surface area contributed by atoms with Crippen molar-refractivity contribution in [1.29, 1.82) is 0 Å². The summed E-state index contributed by atoms with van der Waals surface area (Å²) in [6.07, 6.45) is 8.54. The first-order chi connectivity index (χ1) is 8.69. The average molecular weight is 248 g/mol. The number of aromatic nitrogens is 2. The second kappa shape index (κ2) is 6.19. The van der Waals surface area contributed by atoms with Crippen molar-refractivity contribution in [1.82, 2.24) is 9.78 Å². The zero-order valence-corrected chi connectivity index (χ0v) is 11.5. The third-order valence-corrected chi connectivity index (χ3v) is 3.61. The number of aliphatic hydroxyl groups excluding tert-OH is 1. The van der Waals surface area contributed by atoms with Crippen LogP contribution in [0, 0.1) is 6.92 Å². The molecule has 0 saturated heterocycles. The molecule has 1 atom stereocenters. The Morgan fingerprint density at radius 2 is 2.22 bits per heavy atom. The summed E-state index contributed by atoms with van der Waals surface area (Å²) in [6.45, 7) is 4.97. The molecule has 18 heavy (non-hydrogen) atoms. The van der Waals surface area contributed by atoms with E-state index in [-0.39, 0.29) is 6.10 Å². The molecule has 1 aliphatic carbocycles. The lowest BCUT2D eigenvalue weighted by Crippen LogP contribution is -2.15. The molecule has 0 aliphatic heterocycles. The SMILES string of the molecule is CCn1nc(C)cc1CC(O)CC1=CCCCC1. The number of aliphatic hydroxyl groups is 1. The van der Waals surface area contributed by atoms with Gasteiger partial charge < -0.3 is 5.11 Å². The number of aryl methyl sites for hydroxylation is 2. The van der Waals surface area contributed by atoms with Crippen molar-refractivity contribution in [2.75, 3.05) is 0 Å². The Balaban J connectivity index is 1.93. The lowest BCUT2D eigenvalue weighted by atomic mass is 9.94. The van der Waals surface area contributed by atoms with Crippen LogP contribution < -0.4 is 0 Å². The van der Waals surface area contributed by atoms with Crippen molar-refractivity contribution in [2.24, 2.45) is 0 Å². The van der Waals surface area contributed by atoms with E-state index in [2.05, 4.69) is 24.2 Å². The van der Waals surface area contributed by atoms with Crippen LogP contribution in [0.4, 0.5) is 0 Å². The summed E-state index contributed by atoms with van der Waals surface area (Å²) in [5.41, 5.74) is 3.63. The van der Waals surface area contributed by atoms with E-state index in [9.17, 15) is 5.11 Å². The maximum atomic E-state index is 10.2. The molecule has 1 aromatic heterocycles. The second-order valence-electron chi connectivity index (χ2n) is 5.26. The summed E-state index contributed by atoms with van der Waals surface area (Å²) in [6, 6.07) is 2.09. The summed E-state index contributed by atoms with van der Waals surface area (Å²) in [4.78, 5) is 0. The largest absolute Gasteiger partial charge is 0.392 e. The van der Waals surface area contributed by atoms with Crippen molar-refractivity contribution >= 4 is 0 Å². The summed E-state index contributed by atoms with van der Waals surface area (Å²) in [5, 5.41) is 14.6. The normalized spacial score (nSPS) is 17.6. The lowest BCUT2D eigenvalue weighted by molar-refractivity contribution is 0.170. The van der Waals surface area contributed by atoms with Gasteiger partial charge in [0, 0.05) is 18.7 Å². The summed E-state index contributed by atoms with van der Waals surface area (Å²) in [7, 11) is 0. The number of allylic oxidation sites excluding steroid dienone is 1. The predicted molar refractivity (Wildman–Crippen MR) is 73.5 cm³/mol. The smallest absolute Gasteiger partial charge is 0.0632 e. The highest BCUT2D eigenvalue weighted by atomic mass is 16.3. The highest BCUT2D eigenvalue weighted by Gasteiger charge is 2.13. The number of nitrogens with zero attached hydrogens (tertiary/aromatic N) is 2. The molecule has 0 amide bonds. The van der Waals surface area contributed by atoms with Crippen molar-refractivity contribution in [3.05, 3.63) is 29.1 Å². The Morgan fingerprint density at radius 1 is 1.39 bits per heavy atom. The van der Waals surface area contributed by atoms with Crippen molar-refractivity contribution in [2.45, 2.75) is 65.0 Å². The molecule has 100 valence electrons. The van der Waals surface area contributed by atoms with Crippen LogP contribution in [0.3, 0.4) is 0 Å². The maximum absolute atomic E-state index is 10.2. The number of hydrogen-bond acceptors (Lipinski definition) is 2. The molecule has 0 spiro atoms. The van der Waals surface area contributed by atoms with E-state index in [4.69, 9.17) is 0 Å². The van der Waals surface area contributed by atoms with Crippen LogP contribution in [0.25, 0.3) is 0 Å². The van der Waals surface area contributed by atoms with E-state index in [1.807, 2.05) is 11.6 Å². The van der Waals surface area contributed by atoms with E-state index in [0.29, 0.717) is 6.42 Å². The molecule has 1 aliphatic rings. The summed E-state index contributed by atoms with van der Waals surface area (Å²) >= 11 is 0. The standard InChI is InChI=1S/C15H24N2O/c1-3-17-14(9-12(2)16-17)11-15(18)10-13-7-5-4-6-8-13/h7,9,15,18H,3-6,8,10-11H2,1-2H3. The van der Waals surface area contributed by atoms with Crippen LogP contribution in [0.1, 0.15) is 50.4 Å². The van der Waals surface area contributed by atoms with E-state index >= 15 is 0 Å². The van der Waals surface area contributed by atoms with E-state index in [0.717, 1.165) is 24.4 Å². The minimum atomic E-state index is -0.268. The highest BCUT2D eigenvalue weighted by molar-refractivity contribution is 5.12. The third kappa shape index (κ3) is 3.45. The van der Waals surface area contributed by atoms with Gasteiger partial charge in [-0.3, -0.25) is 4.68 Å². The zero-order valence-electron chi connectivity index (χ0n) is 11.5. The van der Waals surface area contributed by atoms with Gasteiger partial charge in [-0.05, 0) is 52.0 Å². The highest BCUT2D eigenvalue weighted by Crippen LogP contribution is 2.22. The Hall–Kier alpha value is -1.09. The molecule has 0 fully saturated rings. The summed E-state index contributed by atoms with van der Waals surface area (Å²) in [5.74, 6) is 0. The van der Waals surface area contributed by atoms with Crippen LogP contribution in [0.15, 0.2) is 17.7 Å². The second-order valence-corrected chi connectivity index (χ2v) is 5.26. The molecule has 0 saturated carbocycles. The molecule has 0 aromatic carbocycles. The number of rotatable bonds is 5. The fourth-order valence-electron chi connectivity index (χ4n) is 2.74. The first-order valence-electron chi connectivity index (χ1n) is 7.08. The molecule has 3 nitrogen and oxygen atoms in total. The van der Waals surface area contributed by atoms with Gasteiger partial charge in [-0.25, -0.2) is 0 Å². The van der Waals surface area contributed by atoms with Crippen LogP contribution in [-0.2, 0) is 13.0 Å². The van der Waals surface area contributed by atoms with Crippen LogP contribution in [0.2, 0.25) is 0 Å². The molecular weight excluding hydrogens is 224 g/mol. The molecular formula is C15H24N2O. The molecule has 0 bridgehead atoms. The van der Waals surface area contributed by atoms with Gasteiger partial charge in [0.25, 0.3) is 0 Å². The Kier molecular flexibility index (Phi) is 4.59. The van der Waals surface area contributed by atoms with Gasteiger partial charge in [0.2, 0.25) is 0 Å². The fraction of sp³-hybridized carbons (Fsp3) is 0.667. The minimum absolute atomic E-state index is 0.268. The van der Waals surface area contributed by atoms with Crippen LogP contribution >= 0.6 is 0 Å². The fourth-order valence-corrected chi connectivity index (χ4v) is 2.74. The van der Waals surface area contributed by atoms with Gasteiger partial charge in [0.05, 0.1) is 11.8 Å². The molecule has 0 radical (unpaired) electrons. The summed E-state index contributed by atoms with van der Waals surface area (Å²) < 4.78 is 1.99. The lowest BCUT2D eigenvalue weighted by Gasteiger charge is -2.17. The first-order valence-corrected chi connectivity index (χ1v) is 7.08. The van der Waals surface area contributed by atoms with Gasteiger partial charge in [0.1, 0.15) is 0 Å². The maximum Gasteiger partial charge on any atom is 0.0632 e.